The first-order chi connectivity index (χ1) is 6.05. The van der Waals surface area contributed by atoms with E-state index in [-0.39, 0.29) is 0 Å². The molecule has 0 amide bonds. The van der Waals surface area contributed by atoms with Crippen LogP contribution < -0.4 is 5.19 Å². The van der Waals surface area contributed by atoms with Crippen molar-refractivity contribution in [2.45, 2.75) is 6.18 Å². The van der Waals surface area contributed by atoms with Crippen molar-refractivity contribution in [3.8, 4) is 0 Å². The fourth-order valence-corrected chi connectivity index (χ4v) is 2.82. The van der Waals surface area contributed by atoms with Gasteiger partial charge in [-0.25, -0.2) is 0 Å². The summed E-state index contributed by atoms with van der Waals surface area (Å²) in [6, 6.07) is 5.63. The molecular weight excluding hydrogens is 217 g/mol. The van der Waals surface area contributed by atoms with Crippen molar-refractivity contribution >= 4 is 26.3 Å². The number of hydrogen-bond acceptors (Lipinski definition) is 0. The molecule has 1 aromatic rings. The molecule has 5 heteroatoms. The third-order valence-electron chi connectivity index (χ3n) is 1.69. The Balaban J connectivity index is 3.05. The SMILES string of the molecule is FC(F)(F)c1ccccc1[SiH2]CCl. The summed E-state index contributed by atoms with van der Waals surface area (Å²) in [5.74, 6) is 0. The van der Waals surface area contributed by atoms with Crippen molar-refractivity contribution in [3.63, 3.8) is 0 Å². The molecule has 1 aromatic carbocycles. The van der Waals surface area contributed by atoms with Crippen LogP contribution >= 0.6 is 11.6 Å². The fraction of sp³-hybridized carbons (Fsp3) is 0.250. The van der Waals surface area contributed by atoms with E-state index < -0.39 is 21.3 Å². The largest absolute Gasteiger partial charge is 0.416 e. The van der Waals surface area contributed by atoms with Gasteiger partial charge in [-0.1, -0.05) is 29.5 Å². The molecule has 0 bridgehead atoms. The van der Waals surface area contributed by atoms with Crippen molar-refractivity contribution in [2.75, 3.05) is 5.50 Å². The van der Waals surface area contributed by atoms with Crippen LogP contribution in [0.3, 0.4) is 0 Å². The second-order valence-electron chi connectivity index (χ2n) is 2.59. The summed E-state index contributed by atoms with van der Waals surface area (Å²) in [6.45, 7) is 0. The summed E-state index contributed by atoms with van der Waals surface area (Å²) in [5, 5.41) is 0.394. The standard InChI is InChI=1S/C8H8ClF3Si/c9-5-13-7-4-2-1-3-6(7)8(10,11)12/h1-4H,5,13H2. The van der Waals surface area contributed by atoms with E-state index in [0.717, 1.165) is 6.07 Å². The molecule has 0 spiro atoms. The Morgan fingerprint density at radius 1 is 1.23 bits per heavy atom. The average molecular weight is 225 g/mol. The highest BCUT2D eigenvalue weighted by molar-refractivity contribution is 6.62. The quantitative estimate of drug-likeness (QED) is 0.530. The Morgan fingerprint density at radius 2 is 1.85 bits per heavy atom. The van der Waals surface area contributed by atoms with Crippen LogP contribution in [0.25, 0.3) is 0 Å². The first kappa shape index (κ1) is 10.6. The summed E-state index contributed by atoms with van der Waals surface area (Å²) in [7, 11) is -0.964. The molecule has 0 saturated carbocycles. The Morgan fingerprint density at radius 3 is 2.38 bits per heavy atom. The number of rotatable bonds is 2. The second kappa shape index (κ2) is 4.15. The average Bonchev–Trinajstić information content (AvgIpc) is 2.04. The van der Waals surface area contributed by atoms with Crippen molar-refractivity contribution < 1.29 is 13.2 Å². The van der Waals surface area contributed by atoms with Gasteiger partial charge in [0.05, 0.1) is 15.1 Å². The maximum absolute atomic E-state index is 12.4. The van der Waals surface area contributed by atoms with Gasteiger partial charge in [-0.15, -0.1) is 11.6 Å². The van der Waals surface area contributed by atoms with Crippen LogP contribution in [0.1, 0.15) is 5.56 Å². The van der Waals surface area contributed by atoms with Gasteiger partial charge >= 0.3 is 6.18 Å². The Hall–Kier alpha value is -0.483. The minimum atomic E-state index is -4.24. The van der Waals surface area contributed by atoms with E-state index in [1.165, 1.54) is 12.1 Å². The molecule has 0 heterocycles. The maximum Gasteiger partial charge on any atom is 0.416 e. The Bertz CT molecular complexity index is 285. The highest BCUT2D eigenvalue weighted by Gasteiger charge is 2.32. The minimum absolute atomic E-state index is 0.340. The molecule has 0 N–H and O–H groups in total. The van der Waals surface area contributed by atoms with Gasteiger partial charge in [-0.3, -0.25) is 0 Å². The third kappa shape index (κ3) is 2.74. The maximum atomic E-state index is 12.4. The molecule has 0 atom stereocenters. The zero-order chi connectivity index (χ0) is 9.90. The van der Waals surface area contributed by atoms with Crippen LogP contribution in [-0.4, -0.2) is 15.0 Å². The molecule has 0 aliphatic heterocycles. The molecule has 0 aliphatic carbocycles. The van der Waals surface area contributed by atoms with Crippen LogP contribution in [0, 0.1) is 0 Å². The summed E-state index contributed by atoms with van der Waals surface area (Å²) in [5.41, 5.74) is -0.185. The van der Waals surface area contributed by atoms with Crippen LogP contribution in [-0.2, 0) is 6.18 Å². The van der Waals surface area contributed by atoms with Gasteiger partial charge in [0.25, 0.3) is 0 Å². The molecule has 1 rings (SSSR count). The van der Waals surface area contributed by atoms with E-state index in [9.17, 15) is 13.2 Å². The number of alkyl halides is 4. The molecule has 0 unspecified atom stereocenters. The fourth-order valence-electron chi connectivity index (χ4n) is 1.12. The van der Waals surface area contributed by atoms with Gasteiger partial charge in [0, 0.05) is 5.50 Å². The van der Waals surface area contributed by atoms with E-state index in [1.54, 1.807) is 6.07 Å². The van der Waals surface area contributed by atoms with E-state index in [4.69, 9.17) is 11.6 Å². The van der Waals surface area contributed by atoms with E-state index in [0.29, 0.717) is 10.7 Å². The topological polar surface area (TPSA) is 0 Å². The highest BCUT2D eigenvalue weighted by atomic mass is 35.5. The van der Waals surface area contributed by atoms with Crippen molar-refractivity contribution in [2.24, 2.45) is 0 Å². The highest BCUT2D eigenvalue weighted by Crippen LogP contribution is 2.27. The summed E-state index contributed by atoms with van der Waals surface area (Å²) >= 11 is 5.45. The summed E-state index contributed by atoms with van der Waals surface area (Å²) in [4.78, 5) is 0. The van der Waals surface area contributed by atoms with Crippen LogP contribution in [0.4, 0.5) is 13.2 Å². The molecule has 72 valence electrons. The lowest BCUT2D eigenvalue weighted by atomic mass is 10.2. The monoisotopic (exact) mass is 224 g/mol. The predicted molar refractivity (Wildman–Crippen MR) is 50.3 cm³/mol. The zero-order valence-electron chi connectivity index (χ0n) is 6.74. The van der Waals surface area contributed by atoms with Crippen molar-refractivity contribution in [1.82, 2.24) is 0 Å². The van der Waals surface area contributed by atoms with Crippen molar-refractivity contribution in [1.29, 1.82) is 0 Å². The van der Waals surface area contributed by atoms with Crippen molar-refractivity contribution in [3.05, 3.63) is 29.8 Å². The first-order valence-corrected chi connectivity index (χ1v) is 6.01. The lowest BCUT2D eigenvalue weighted by Gasteiger charge is -2.10. The number of halogens is 4. The molecule has 0 nitrogen and oxygen atoms in total. The molecular formula is C8H8ClF3Si. The predicted octanol–water partition coefficient (Wildman–Crippen LogP) is 1.70. The van der Waals surface area contributed by atoms with Crippen LogP contribution in [0.5, 0.6) is 0 Å². The van der Waals surface area contributed by atoms with Gasteiger partial charge in [0.15, 0.2) is 0 Å². The van der Waals surface area contributed by atoms with E-state index in [2.05, 4.69) is 0 Å². The Labute approximate surface area is 81.5 Å². The van der Waals surface area contributed by atoms with Gasteiger partial charge < -0.3 is 0 Å². The first-order valence-electron chi connectivity index (χ1n) is 3.77. The molecule has 0 fully saturated rings. The van der Waals surface area contributed by atoms with Crippen LogP contribution in [0.2, 0.25) is 0 Å². The van der Waals surface area contributed by atoms with Gasteiger partial charge in [-0.05, 0) is 0 Å². The van der Waals surface area contributed by atoms with Gasteiger partial charge in [0.1, 0.15) is 0 Å². The van der Waals surface area contributed by atoms with Gasteiger partial charge in [-0.2, -0.15) is 13.2 Å². The molecule has 0 saturated heterocycles. The molecule has 13 heavy (non-hydrogen) atoms. The summed E-state index contributed by atoms with van der Waals surface area (Å²) < 4.78 is 37.1. The lowest BCUT2D eigenvalue weighted by molar-refractivity contribution is -0.136. The normalized spacial score (nSPS) is 12.6. The van der Waals surface area contributed by atoms with Gasteiger partial charge in [0.2, 0.25) is 0 Å². The van der Waals surface area contributed by atoms with E-state index >= 15 is 0 Å². The van der Waals surface area contributed by atoms with E-state index in [1.807, 2.05) is 0 Å². The lowest BCUT2D eigenvalue weighted by Crippen LogP contribution is -2.26. The molecule has 0 radical (unpaired) electrons. The minimum Gasteiger partial charge on any atom is -0.166 e. The third-order valence-corrected chi connectivity index (χ3v) is 3.60. The zero-order valence-corrected chi connectivity index (χ0v) is 8.91. The van der Waals surface area contributed by atoms with Crippen LogP contribution in [0.15, 0.2) is 24.3 Å². The Kier molecular flexibility index (Phi) is 3.38. The summed E-state index contributed by atoms with van der Waals surface area (Å²) in [6.07, 6.45) is -4.24. The number of hydrogen-bond donors (Lipinski definition) is 0. The molecule has 0 aromatic heterocycles. The number of benzene rings is 1. The second-order valence-corrected chi connectivity index (χ2v) is 5.37. The smallest absolute Gasteiger partial charge is 0.166 e. The molecule has 0 aliphatic rings.